The quantitative estimate of drug-likeness (QED) is 0.674. The van der Waals surface area contributed by atoms with Crippen molar-refractivity contribution < 1.29 is 4.79 Å². The molecule has 2 aromatic heterocycles. The molecule has 6 nitrogen and oxygen atoms in total. The number of thioether (sulfide) groups is 1. The summed E-state index contributed by atoms with van der Waals surface area (Å²) in [6, 6.07) is 8.04. The maximum absolute atomic E-state index is 12.9. The van der Waals surface area contributed by atoms with Crippen LogP contribution in [-0.2, 0) is 17.1 Å². The zero-order valence-corrected chi connectivity index (χ0v) is 16.3. The molecule has 1 amide bonds. The number of fused-ring (bicyclic) bond motifs is 1. The first-order valence-electron chi connectivity index (χ1n) is 8.61. The summed E-state index contributed by atoms with van der Waals surface area (Å²) in [5, 5.41) is 3.03. The van der Waals surface area contributed by atoms with Gasteiger partial charge in [-0.1, -0.05) is 12.1 Å². The number of piperazine rings is 1. The Kier molecular flexibility index (Phi) is 5.12. The maximum Gasteiger partial charge on any atom is 0.242 e. The Morgan fingerprint density at radius 2 is 2.04 bits per heavy atom. The topological polar surface area (TPSA) is 54.3 Å². The van der Waals surface area contributed by atoms with Crippen LogP contribution in [0.3, 0.4) is 0 Å². The van der Waals surface area contributed by atoms with E-state index in [1.807, 2.05) is 40.7 Å². The molecule has 4 rings (SSSR count). The predicted molar refractivity (Wildman–Crippen MR) is 108 cm³/mol. The molecule has 3 aromatic rings. The lowest BCUT2D eigenvalue weighted by Crippen LogP contribution is -2.49. The van der Waals surface area contributed by atoms with Gasteiger partial charge in [0.1, 0.15) is 12.4 Å². The molecule has 0 N–H and O–H groups in total. The number of carbonyl (C=O) groups is 1. The number of amides is 1. The molecule has 1 saturated heterocycles. The van der Waals surface area contributed by atoms with Gasteiger partial charge in [-0.15, -0.1) is 11.3 Å². The van der Waals surface area contributed by atoms with Crippen molar-refractivity contribution in [2.24, 2.45) is 0 Å². The molecule has 0 atom stereocenters. The highest BCUT2D eigenvalue weighted by Crippen LogP contribution is 2.21. The van der Waals surface area contributed by atoms with E-state index in [1.165, 1.54) is 0 Å². The van der Waals surface area contributed by atoms with E-state index in [-0.39, 0.29) is 5.91 Å². The Bertz CT molecular complexity index is 884. The normalized spacial score (nSPS) is 15.0. The standard InChI is InChI=1S/C18H21N5OS2/c1-25-13-16-20-14-4-2-3-5-15(14)23(16)12-17(24)21-7-9-22(10-8-21)18-19-6-11-26-18/h2-6,11H,7-10,12-13H2,1H3. The molecule has 1 aromatic carbocycles. The second kappa shape index (κ2) is 7.67. The highest BCUT2D eigenvalue weighted by molar-refractivity contribution is 7.97. The number of nitrogens with zero attached hydrogens (tertiary/aromatic N) is 5. The van der Waals surface area contributed by atoms with E-state index in [4.69, 9.17) is 4.98 Å². The van der Waals surface area contributed by atoms with Crippen LogP contribution in [0.15, 0.2) is 35.8 Å². The average Bonchev–Trinajstić information content (AvgIpc) is 3.31. The summed E-state index contributed by atoms with van der Waals surface area (Å²) in [4.78, 5) is 26.2. The summed E-state index contributed by atoms with van der Waals surface area (Å²) in [6.45, 7) is 3.50. The molecule has 8 heteroatoms. The van der Waals surface area contributed by atoms with Crippen LogP contribution in [0.1, 0.15) is 5.82 Å². The van der Waals surface area contributed by atoms with Crippen molar-refractivity contribution in [2.75, 3.05) is 37.3 Å². The van der Waals surface area contributed by atoms with Crippen LogP contribution in [0, 0.1) is 0 Å². The smallest absolute Gasteiger partial charge is 0.242 e. The summed E-state index contributed by atoms with van der Waals surface area (Å²) < 4.78 is 2.07. The van der Waals surface area contributed by atoms with Gasteiger partial charge in [0.25, 0.3) is 0 Å². The van der Waals surface area contributed by atoms with E-state index in [9.17, 15) is 4.79 Å². The third kappa shape index (κ3) is 3.43. The summed E-state index contributed by atoms with van der Waals surface area (Å²) in [5.41, 5.74) is 1.99. The molecule has 0 unspecified atom stereocenters. The second-order valence-corrected chi connectivity index (χ2v) is 7.96. The van der Waals surface area contributed by atoms with Gasteiger partial charge in [0.05, 0.1) is 16.8 Å². The predicted octanol–water partition coefficient (Wildman–Crippen LogP) is 2.70. The van der Waals surface area contributed by atoms with Crippen molar-refractivity contribution >= 4 is 45.2 Å². The number of para-hydroxylation sites is 2. The zero-order valence-electron chi connectivity index (χ0n) is 14.7. The average molecular weight is 388 g/mol. The first-order valence-corrected chi connectivity index (χ1v) is 10.9. The van der Waals surface area contributed by atoms with E-state index < -0.39 is 0 Å². The van der Waals surface area contributed by atoms with Crippen LogP contribution >= 0.6 is 23.1 Å². The van der Waals surface area contributed by atoms with Crippen molar-refractivity contribution in [3.63, 3.8) is 0 Å². The van der Waals surface area contributed by atoms with Gasteiger partial charge >= 0.3 is 0 Å². The van der Waals surface area contributed by atoms with Gasteiger partial charge < -0.3 is 14.4 Å². The van der Waals surface area contributed by atoms with Crippen molar-refractivity contribution in [2.45, 2.75) is 12.3 Å². The number of rotatable bonds is 5. The van der Waals surface area contributed by atoms with Gasteiger partial charge in [0, 0.05) is 37.8 Å². The number of hydrogen-bond donors (Lipinski definition) is 0. The third-order valence-corrected chi connectivity index (χ3v) is 6.00. The highest BCUT2D eigenvalue weighted by Gasteiger charge is 2.23. The minimum atomic E-state index is 0.161. The van der Waals surface area contributed by atoms with Crippen LogP contribution < -0.4 is 4.90 Å². The molecule has 0 radical (unpaired) electrons. The van der Waals surface area contributed by atoms with Crippen molar-refractivity contribution in [3.05, 3.63) is 41.7 Å². The molecule has 1 fully saturated rings. The fourth-order valence-electron chi connectivity index (χ4n) is 3.30. The molecule has 1 aliphatic heterocycles. The van der Waals surface area contributed by atoms with Gasteiger partial charge in [-0.05, 0) is 18.4 Å². The Labute approximate surface area is 160 Å². The molecule has 1 aliphatic rings. The molecular weight excluding hydrogens is 366 g/mol. The van der Waals surface area contributed by atoms with Crippen molar-refractivity contribution in [1.29, 1.82) is 0 Å². The van der Waals surface area contributed by atoms with Gasteiger partial charge in [-0.25, -0.2) is 9.97 Å². The molecular formula is C18H21N5OS2. The number of aromatic nitrogens is 3. The number of carbonyl (C=O) groups excluding carboxylic acids is 1. The molecule has 0 bridgehead atoms. The van der Waals surface area contributed by atoms with Gasteiger partial charge in [-0.2, -0.15) is 11.8 Å². The van der Waals surface area contributed by atoms with Crippen LogP contribution in [0.2, 0.25) is 0 Å². The molecule has 0 aliphatic carbocycles. The summed E-state index contributed by atoms with van der Waals surface area (Å²) in [5.74, 6) is 1.93. The molecule has 3 heterocycles. The molecule has 136 valence electrons. The number of thiazole rings is 1. The minimum Gasteiger partial charge on any atom is -0.345 e. The monoisotopic (exact) mass is 387 g/mol. The van der Waals surface area contributed by atoms with E-state index in [0.717, 1.165) is 53.9 Å². The number of benzene rings is 1. The molecule has 0 saturated carbocycles. The van der Waals surface area contributed by atoms with E-state index >= 15 is 0 Å². The lowest BCUT2D eigenvalue weighted by molar-refractivity contribution is -0.132. The van der Waals surface area contributed by atoms with Crippen LogP contribution in [-0.4, -0.2) is 57.8 Å². The number of imidazole rings is 1. The number of anilines is 1. The maximum atomic E-state index is 12.9. The zero-order chi connectivity index (χ0) is 17.9. The minimum absolute atomic E-state index is 0.161. The first-order chi connectivity index (χ1) is 12.8. The Balaban J connectivity index is 1.47. The van der Waals surface area contributed by atoms with E-state index in [0.29, 0.717) is 6.54 Å². The first kappa shape index (κ1) is 17.4. The van der Waals surface area contributed by atoms with Gasteiger partial charge in [-0.3, -0.25) is 4.79 Å². The Hall–Kier alpha value is -2.06. The second-order valence-electron chi connectivity index (χ2n) is 6.22. The Morgan fingerprint density at radius 3 is 2.77 bits per heavy atom. The highest BCUT2D eigenvalue weighted by atomic mass is 32.2. The lowest BCUT2D eigenvalue weighted by Gasteiger charge is -2.34. The van der Waals surface area contributed by atoms with E-state index in [1.54, 1.807) is 23.1 Å². The summed E-state index contributed by atoms with van der Waals surface area (Å²) in [6.07, 6.45) is 3.89. The third-order valence-electron chi connectivity index (χ3n) is 4.62. The summed E-state index contributed by atoms with van der Waals surface area (Å²) >= 11 is 3.37. The Morgan fingerprint density at radius 1 is 1.23 bits per heavy atom. The summed E-state index contributed by atoms with van der Waals surface area (Å²) in [7, 11) is 0. The van der Waals surface area contributed by atoms with Crippen LogP contribution in [0.25, 0.3) is 11.0 Å². The van der Waals surface area contributed by atoms with Crippen LogP contribution in [0.4, 0.5) is 5.13 Å². The number of hydrogen-bond acceptors (Lipinski definition) is 6. The fraction of sp³-hybridized carbons (Fsp3) is 0.389. The van der Waals surface area contributed by atoms with E-state index in [2.05, 4.69) is 20.7 Å². The van der Waals surface area contributed by atoms with Crippen LogP contribution in [0.5, 0.6) is 0 Å². The SMILES string of the molecule is CSCc1nc2ccccc2n1CC(=O)N1CCN(c2nccs2)CC1. The lowest BCUT2D eigenvalue weighted by atomic mass is 10.3. The molecule has 26 heavy (non-hydrogen) atoms. The van der Waals surface area contributed by atoms with Crippen molar-refractivity contribution in [3.8, 4) is 0 Å². The van der Waals surface area contributed by atoms with Gasteiger partial charge in [0.2, 0.25) is 5.91 Å². The molecule has 0 spiro atoms. The van der Waals surface area contributed by atoms with Gasteiger partial charge in [0.15, 0.2) is 5.13 Å². The fourth-order valence-corrected chi connectivity index (χ4v) is 4.47. The largest absolute Gasteiger partial charge is 0.345 e. The van der Waals surface area contributed by atoms with Crippen molar-refractivity contribution in [1.82, 2.24) is 19.4 Å².